The highest BCUT2D eigenvalue weighted by molar-refractivity contribution is 6.00. The van der Waals surface area contributed by atoms with Gasteiger partial charge in [0.15, 0.2) is 11.5 Å². The Morgan fingerprint density at radius 2 is 1.58 bits per heavy atom. The molecule has 1 aliphatic rings. The Bertz CT molecular complexity index is 1860. The molecule has 7 rings (SSSR count). The first-order valence-electron chi connectivity index (χ1n) is 14.2. The lowest BCUT2D eigenvalue weighted by molar-refractivity contribution is 0.0342. The second-order valence-electron chi connectivity index (χ2n) is 10.3. The molecule has 3 aromatic carbocycles. The number of rotatable bonds is 7. The molecule has 214 valence electrons. The number of anilines is 2. The summed E-state index contributed by atoms with van der Waals surface area (Å²) in [6.45, 7) is 4.30. The highest BCUT2D eigenvalue weighted by atomic mass is 16.5. The quantitative estimate of drug-likeness (QED) is 0.254. The van der Waals surface area contributed by atoms with E-state index in [2.05, 4.69) is 25.5 Å². The lowest BCUT2D eigenvalue weighted by Crippen LogP contribution is -2.35. The van der Waals surface area contributed by atoms with Crippen LogP contribution in [0.1, 0.15) is 5.56 Å². The summed E-state index contributed by atoms with van der Waals surface area (Å²) in [5.41, 5.74) is 5.86. The third-order valence-corrected chi connectivity index (χ3v) is 7.40. The van der Waals surface area contributed by atoms with Crippen molar-refractivity contribution in [2.45, 2.75) is 6.54 Å². The number of imidazole rings is 2. The Balaban J connectivity index is 1.09. The summed E-state index contributed by atoms with van der Waals surface area (Å²) in [4.78, 5) is 29.4. The predicted molar refractivity (Wildman–Crippen MR) is 166 cm³/mol. The average Bonchev–Trinajstić information content (AvgIpc) is 3.73. The fraction of sp³-hybridized carbons (Fsp3) is 0.152. The Kier molecular flexibility index (Phi) is 7.34. The van der Waals surface area contributed by atoms with Gasteiger partial charge in [0, 0.05) is 73.1 Å². The largest absolute Gasteiger partial charge is 0.379 e. The standard InChI is InChI=1S/C33H30N8O2/c42-33(36-27-11-9-24(10-12-27)22-39-17-19-43-20-18-39)37-28-8-4-7-26(21-28)29-23-40-15-13-35-31(40)32(38-29)41-16-14-34-30(41)25-5-2-1-3-6-25/h1-16,21,23H,17-20,22H2,(H2,36,37,42). The summed E-state index contributed by atoms with van der Waals surface area (Å²) in [5, 5.41) is 5.88. The first kappa shape index (κ1) is 26.6. The summed E-state index contributed by atoms with van der Waals surface area (Å²) in [6, 6.07) is 25.3. The van der Waals surface area contributed by atoms with Crippen molar-refractivity contribution in [1.29, 1.82) is 0 Å². The summed E-state index contributed by atoms with van der Waals surface area (Å²) < 4.78 is 9.32. The molecule has 43 heavy (non-hydrogen) atoms. The molecule has 0 saturated carbocycles. The summed E-state index contributed by atoms with van der Waals surface area (Å²) in [6.07, 6.45) is 9.23. The van der Waals surface area contributed by atoms with Crippen molar-refractivity contribution < 1.29 is 9.53 Å². The van der Waals surface area contributed by atoms with E-state index in [1.165, 1.54) is 5.56 Å². The first-order valence-corrected chi connectivity index (χ1v) is 14.2. The predicted octanol–water partition coefficient (Wildman–Crippen LogP) is 5.73. The molecule has 2 amide bonds. The van der Waals surface area contributed by atoms with E-state index >= 15 is 0 Å². The summed E-state index contributed by atoms with van der Waals surface area (Å²) in [7, 11) is 0. The lowest BCUT2D eigenvalue weighted by atomic mass is 10.1. The molecule has 0 bridgehead atoms. The number of carbonyl (C=O) groups is 1. The van der Waals surface area contributed by atoms with Crippen LogP contribution in [0.3, 0.4) is 0 Å². The van der Waals surface area contributed by atoms with Gasteiger partial charge in [-0.15, -0.1) is 0 Å². The first-order chi connectivity index (χ1) is 21.2. The summed E-state index contributed by atoms with van der Waals surface area (Å²) >= 11 is 0. The van der Waals surface area contributed by atoms with Gasteiger partial charge in [0.1, 0.15) is 5.82 Å². The molecule has 1 fully saturated rings. The molecule has 0 unspecified atom stereocenters. The van der Waals surface area contributed by atoms with Gasteiger partial charge >= 0.3 is 6.03 Å². The van der Waals surface area contributed by atoms with E-state index < -0.39 is 0 Å². The number of urea groups is 1. The van der Waals surface area contributed by atoms with Gasteiger partial charge in [0.05, 0.1) is 18.9 Å². The molecule has 1 aliphatic heterocycles. The van der Waals surface area contributed by atoms with Gasteiger partial charge in [-0.2, -0.15) is 0 Å². The van der Waals surface area contributed by atoms with E-state index in [0.717, 1.165) is 61.2 Å². The Morgan fingerprint density at radius 3 is 2.42 bits per heavy atom. The topological polar surface area (TPSA) is 102 Å². The molecule has 4 heterocycles. The van der Waals surface area contributed by atoms with E-state index in [0.29, 0.717) is 17.2 Å². The van der Waals surface area contributed by atoms with Crippen LogP contribution in [0.5, 0.6) is 0 Å². The molecule has 3 aromatic heterocycles. The molecule has 0 radical (unpaired) electrons. The number of hydrogen-bond donors (Lipinski definition) is 2. The average molecular weight is 571 g/mol. The molecule has 10 heteroatoms. The zero-order valence-electron chi connectivity index (χ0n) is 23.4. The molecule has 0 spiro atoms. The van der Waals surface area contributed by atoms with Gasteiger partial charge in [-0.25, -0.2) is 19.7 Å². The minimum atomic E-state index is -0.317. The van der Waals surface area contributed by atoms with Crippen LogP contribution >= 0.6 is 0 Å². The molecular formula is C33H30N8O2. The van der Waals surface area contributed by atoms with Gasteiger partial charge in [0.2, 0.25) is 0 Å². The van der Waals surface area contributed by atoms with Crippen LogP contribution in [0.25, 0.3) is 34.1 Å². The van der Waals surface area contributed by atoms with Crippen LogP contribution in [0.15, 0.2) is 110 Å². The number of carbonyl (C=O) groups excluding carboxylic acids is 1. The summed E-state index contributed by atoms with van der Waals surface area (Å²) in [5.74, 6) is 1.43. The minimum Gasteiger partial charge on any atom is -0.379 e. The van der Waals surface area contributed by atoms with Gasteiger partial charge in [-0.1, -0.05) is 54.6 Å². The van der Waals surface area contributed by atoms with Crippen LogP contribution in [-0.2, 0) is 11.3 Å². The molecule has 0 atom stereocenters. The second-order valence-corrected chi connectivity index (χ2v) is 10.3. The number of ether oxygens (including phenoxy) is 1. The fourth-order valence-electron chi connectivity index (χ4n) is 5.25. The third-order valence-electron chi connectivity index (χ3n) is 7.40. The maximum Gasteiger partial charge on any atom is 0.323 e. The van der Waals surface area contributed by atoms with Crippen molar-refractivity contribution in [3.05, 3.63) is 115 Å². The number of aromatic nitrogens is 5. The third kappa shape index (κ3) is 5.87. The molecule has 0 aliphatic carbocycles. The Morgan fingerprint density at radius 1 is 0.814 bits per heavy atom. The lowest BCUT2D eigenvalue weighted by Gasteiger charge is -2.26. The number of morpholine rings is 1. The molecular weight excluding hydrogens is 540 g/mol. The van der Waals surface area contributed by atoms with E-state index in [4.69, 9.17) is 9.72 Å². The van der Waals surface area contributed by atoms with Crippen molar-refractivity contribution in [3.63, 3.8) is 0 Å². The van der Waals surface area contributed by atoms with Crippen molar-refractivity contribution in [3.8, 4) is 28.5 Å². The number of nitrogens with zero attached hydrogens (tertiary/aromatic N) is 6. The molecule has 10 nitrogen and oxygen atoms in total. The maximum absolute atomic E-state index is 12.9. The molecule has 6 aromatic rings. The van der Waals surface area contributed by atoms with Crippen LogP contribution < -0.4 is 10.6 Å². The Hall–Kier alpha value is -5.32. The highest BCUT2D eigenvalue weighted by Crippen LogP contribution is 2.27. The Labute approximate surface area is 248 Å². The van der Waals surface area contributed by atoms with Gasteiger partial charge in [-0.05, 0) is 29.8 Å². The fourth-order valence-corrected chi connectivity index (χ4v) is 5.25. The van der Waals surface area contributed by atoms with Crippen molar-refractivity contribution in [2.75, 3.05) is 36.9 Å². The number of fused-ring (bicyclic) bond motifs is 1. The SMILES string of the molecule is O=C(Nc1ccc(CN2CCOCC2)cc1)Nc1cccc(-c2cn3ccnc3c(-n3ccnc3-c3ccccc3)n2)c1. The monoisotopic (exact) mass is 570 g/mol. The zero-order chi connectivity index (χ0) is 29.0. The minimum absolute atomic E-state index is 0.317. The van der Waals surface area contributed by atoms with Crippen molar-refractivity contribution >= 4 is 23.1 Å². The van der Waals surface area contributed by atoms with Crippen LogP contribution in [0, 0.1) is 0 Å². The maximum atomic E-state index is 12.9. The van der Waals surface area contributed by atoms with E-state index in [9.17, 15) is 4.79 Å². The van der Waals surface area contributed by atoms with E-state index in [-0.39, 0.29) is 6.03 Å². The van der Waals surface area contributed by atoms with Gasteiger partial charge in [-0.3, -0.25) is 9.47 Å². The molecule has 1 saturated heterocycles. The number of nitrogens with one attached hydrogen (secondary N) is 2. The van der Waals surface area contributed by atoms with Gasteiger partial charge in [0.25, 0.3) is 0 Å². The van der Waals surface area contributed by atoms with E-state index in [1.807, 2.05) is 106 Å². The van der Waals surface area contributed by atoms with Crippen LogP contribution in [0.4, 0.5) is 16.2 Å². The van der Waals surface area contributed by atoms with Gasteiger partial charge < -0.3 is 19.8 Å². The number of amides is 2. The number of hydrogen-bond acceptors (Lipinski definition) is 6. The smallest absolute Gasteiger partial charge is 0.323 e. The highest BCUT2D eigenvalue weighted by Gasteiger charge is 2.16. The second kappa shape index (κ2) is 11.9. The van der Waals surface area contributed by atoms with Crippen molar-refractivity contribution in [2.24, 2.45) is 0 Å². The molecule has 2 N–H and O–H groups in total. The zero-order valence-corrected chi connectivity index (χ0v) is 23.4. The van der Waals surface area contributed by atoms with Crippen LogP contribution in [0.2, 0.25) is 0 Å². The normalized spacial score (nSPS) is 13.7. The van der Waals surface area contributed by atoms with E-state index in [1.54, 1.807) is 12.4 Å². The number of benzene rings is 3. The van der Waals surface area contributed by atoms with Crippen LogP contribution in [-0.4, -0.2) is 61.2 Å². The van der Waals surface area contributed by atoms with Crippen molar-refractivity contribution in [1.82, 2.24) is 28.8 Å².